The lowest BCUT2D eigenvalue weighted by Crippen LogP contribution is -2.46. The highest BCUT2D eigenvalue weighted by Crippen LogP contribution is 2.37. The highest BCUT2D eigenvalue weighted by atomic mass is 16.3. The van der Waals surface area contributed by atoms with E-state index in [1.165, 1.54) is 51.7 Å². The third-order valence-corrected chi connectivity index (χ3v) is 5.05. The summed E-state index contributed by atoms with van der Waals surface area (Å²) in [4.78, 5) is 2.53. The molecule has 19 heavy (non-hydrogen) atoms. The summed E-state index contributed by atoms with van der Waals surface area (Å²) in [5.41, 5.74) is 0.505. The van der Waals surface area contributed by atoms with Crippen LogP contribution in [0.15, 0.2) is 0 Å². The van der Waals surface area contributed by atoms with Crippen LogP contribution >= 0.6 is 0 Å². The first-order valence-electron chi connectivity index (χ1n) is 8.21. The Morgan fingerprint density at radius 1 is 1.21 bits per heavy atom. The molecule has 2 aliphatic carbocycles. The number of aliphatic hydroxyl groups is 1. The Labute approximate surface area is 118 Å². The van der Waals surface area contributed by atoms with Crippen molar-refractivity contribution in [2.75, 3.05) is 33.2 Å². The van der Waals surface area contributed by atoms with E-state index in [0.29, 0.717) is 5.41 Å². The molecule has 2 aliphatic rings. The van der Waals surface area contributed by atoms with E-state index in [4.69, 9.17) is 0 Å². The Hall–Kier alpha value is -0.120. The zero-order valence-corrected chi connectivity index (χ0v) is 12.8. The molecule has 2 rings (SSSR count). The van der Waals surface area contributed by atoms with E-state index in [9.17, 15) is 5.11 Å². The van der Waals surface area contributed by atoms with E-state index in [1.807, 2.05) is 0 Å². The van der Waals surface area contributed by atoms with Crippen LogP contribution in [-0.4, -0.2) is 49.3 Å². The Balaban J connectivity index is 1.80. The lowest BCUT2D eigenvalue weighted by Gasteiger charge is -2.42. The van der Waals surface area contributed by atoms with Crippen LogP contribution in [0.2, 0.25) is 0 Å². The predicted molar refractivity (Wildman–Crippen MR) is 80.3 cm³/mol. The molecular weight excluding hydrogens is 236 g/mol. The molecule has 0 aromatic rings. The minimum Gasteiger partial charge on any atom is -0.393 e. The molecule has 0 spiro atoms. The van der Waals surface area contributed by atoms with Crippen LogP contribution < -0.4 is 5.32 Å². The maximum absolute atomic E-state index is 9.39. The quantitative estimate of drug-likeness (QED) is 0.743. The van der Waals surface area contributed by atoms with E-state index in [1.54, 1.807) is 0 Å². The van der Waals surface area contributed by atoms with E-state index in [0.717, 1.165) is 25.3 Å². The van der Waals surface area contributed by atoms with Gasteiger partial charge in [-0.3, -0.25) is 0 Å². The first-order valence-corrected chi connectivity index (χ1v) is 8.21. The monoisotopic (exact) mass is 268 g/mol. The van der Waals surface area contributed by atoms with Crippen molar-refractivity contribution in [3.63, 3.8) is 0 Å². The fraction of sp³-hybridized carbons (Fsp3) is 1.00. The van der Waals surface area contributed by atoms with E-state index >= 15 is 0 Å². The van der Waals surface area contributed by atoms with Gasteiger partial charge in [-0.05, 0) is 50.6 Å². The van der Waals surface area contributed by atoms with Gasteiger partial charge in [-0.1, -0.05) is 26.2 Å². The number of hydrogen-bond donors (Lipinski definition) is 2. The maximum atomic E-state index is 9.39. The molecule has 0 saturated heterocycles. The van der Waals surface area contributed by atoms with Crippen LogP contribution in [0.1, 0.15) is 51.9 Å². The summed E-state index contributed by atoms with van der Waals surface area (Å²) in [5.74, 6) is 0.736. The normalized spacial score (nSPS) is 30.3. The largest absolute Gasteiger partial charge is 0.393 e. The van der Waals surface area contributed by atoms with Gasteiger partial charge in [-0.2, -0.15) is 0 Å². The Kier molecular flexibility index (Phi) is 5.67. The van der Waals surface area contributed by atoms with E-state index in [2.05, 4.69) is 24.2 Å². The number of aliphatic hydroxyl groups excluding tert-OH is 1. The van der Waals surface area contributed by atoms with Crippen LogP contribution in [0.25, 0.3) is 0 Å². The summed E-state index contributed by atoms with van der Waals surface area (Å²) in [7, 11) is 2.27. The van der Waals surface area contributed by atoms with Gasteiger partial charge in [0.05, 0.1) is 6.10 Å². The number of rotatable bonds is 7. The zero-order valence-electron chi connectivity index (χ0n) is 12.8. The summed E-state index contributed by atoms with van der Waals surface area (Å²) in [6.45, 7) is 6.87. The molecule has 0 unspecified atom stereocenters. The summed E-state index contributed by atoms with van der Waals surface area (Å²) in [5, 5.41) is 13.0. The molecule has 3 heteroatoms. The van der Waals surface area contributed by atoms with Crippen molar-refractivity contribution in [1.82, 2.24) is 10.2 Å². The molecule has 2 fully saturated rings. The molecule has 0 aromatic heterocycles. The Morgan fingerprint density at radius 2 is 1.89 bits per heavy atom. The van der Waals surface area contributed by atoms with Crippen molar-refractivity contribution in [3.05, 3.63) is 0 Å². The smallest absolute Gasteiger partial charge is 0.0546 e. The molecule has 0 aliphatic heterocycles. The van der Waals surface area contributed by atoms with Gasteiger partial charge in [0.15, 0.2) is 0 Å². The molecule has 3 nitrogen and oxygen atoms in total. The highest BCUT2D eigenvalue weighted by molar-refractivity contribution is 4.89. The first kappa shape index (κ1) is 15.3. The van der Waals surface area contributed by atoms with Gasteiger partial charge in [0.1, 0.15) is 0 Å². The number of nitrogens with one attached hydrogen (secondary N) is 1. The summed E-state index contributed by atoms with van der Waals surface area (Å²) >= 11 is 0. The topological polar surface area (TPSA) is 35.5 Å². The third-order valence-electron chi connectivity index (χ3n) is 5.05. The van der Waals surface area contributed by atoms with Crippen LogP contribution in [0.4, 0.5) is 0 Å². The molecule has 0 bridgehead atoms. The van der Waals surface area contributed by atoms with Crippen LogP contribution in [0, 0.1) is 11.3 Å². The van der Waals surface area contributed by atoms with Crippen LogP contribution in [-0.2, 0) is 0 Å². The average Bonchev–Trinajstić information content (AvgIpc) is 2.36. The van der Waals surface area contributed by atoms with E-state index in [-0.39, 0.29) is 6.10 Å². The average molecular weight is 268 g/mol. The number of nitrogens with zero attached hydrogens (tertiary/aromatic N) is 1. The minimum absolute atomic E-state index is 0.0104. The van der Waals surface area contributed by atoms with Crippen LogP contribution in [0.3, 0.4) is 0 Å². The molecule has 0 radical (unpaired) electrons. The van der Waals surface area contributed by atoms with Crippen molar-refractivity contribution in [3.8, 4) is 0 Å². The standard InChI is InChI=1S/C16H32N2O/c1-3-17-12-16(7-5-4-6-8-16)13-18(2)11-14-9-15(19)10-14/h14-15,17,19H,3-13H2,1-2H3. The van der Waals surface area contributed by atoms with Crippen molar-refractivity contribution in [2.45, 2.75) is 58.0 Å². The molecule has 0 aromatic carbocycles. The second-order valence-corrected chi connectivity index (χ2v) is 7.03. The van der Waals surface area contributed by atoms with Crippen molar-refractivity contribution in [1.29, 1.82) is 0 Å². The molecular formula is C16H32N2O. The SMILES string of the molecule is CCNCC1(CN(C)CC2CC(O)C2)CCCCC1. The molecule has 0 heterocycles. The highest BCUT2D eigenvalue weighted by Gasteiger charge is 2.34. The minimum atomic E-state index is -0.0104. The summed E-state index contributed by atoms with van der Waals surface area (Å²) in [6.07, 6.45) is 9.03. The first-order chi connectivity index (χ1) is 9.13. The predicted octanol–water partition coefficient (Wildman–Crippen LogP) is 2.25. The second kappa shape index (κ2) is 7.05. The second-order valence-electron chi connectivity index (χ2n) is 7.03. The van der Waals surface area contributed by atoms with Gasteiger partial charge in [0, 0.05) is 19.6 Å². The van der Waals surface area contributed by atoms with Gasteiger partial charge in [0.2, 0.25) is 0 Å². The van der Waals surface area contributed by atoms with Crippen molar-refractivity contribution >= 4 is 0 Å². The third kappa shape index (κ3) is 4.44. The lowest BCUT2D eigenvalue weighted by molar-refractivity contribution is 0.0181. The molecule has 112 valence electrons. The van der Waals surface area contributed by atoms with Gasteiger partial charge in [0.25, 0.3) is 0 Å². The van der Waals surface area contributed by atoms with E-state index < -0.39 is 0 Å². The molecule has 2 saturated carbocycles. The van der Waals surface area contributed by atoms with Gasteiger partial charge in [-0.15, -0.1) is 0 Å². The molecule has 2 N–H and O–H groups in total. The Morgan fingerprint density at radius 3 is 2.47 bits per heavy atom. The maximum Gasteiger partial charge on any atom is 0.0546 e. The fourth-order valence-electron chi connectivity index (χ4n) is 4.01. The van der Waals surface area contributed by atoms with Gasteiger partial charge in [-0.25, -0.2) is 0 Å². The Bertz CT molecular complexity index is 257. The zero-order chi connectivity index (χ0) is 13.7. The number of hydrogen-bond acceptors (Lipinski definition) is 3. The van der Waals surface area contributed by atoms with Crippen molar-refractivity contribution < 1.29 is 5.11 Å². The molecule has 0 atom stereocenters. The van der Waals surface area contributed by atoms with Gasteiger partial charge < -0.3 is 15.3 Å². The van der Waals surface area contributed by atoms with Crippen LogP contribution in [0.5, 0.6) is 0 Å². The van der Waals surface area contributed by atoms with Gasteiger partial charge >= 0.3 is 0 Å². The summed E-state index contributed by atoms with van der Waals surface area (Å²) in [6, 6.07) is 0. The molecule has 0 amide bonds. The fourth-order valence-corrected chi connectivity index (χ4v) is 4.01. The lowest BCUT2D eigenvalue weighted by atomic mass is 9.73. The summed E-state index contributed by atoms with van der Waals surface area (Å²) < 4.78 is 0. The van der Waals surface area contributed by atoms with Crippen molar-refractivity contribution in [2.24, 2.45) is 11.3 Å².